The van der Waals surface area contributed by atoms with E-state index in [1.165, 1.54) is 37.3 Å². The van der Waals surface area contributed by atoms with Crippen LogP contribution >= 0.6 is 11.5 Å². The maximum atomic E-state index is 4.71. The number of hydrogen-bond acceptors (Lipinski definition) is 6. The summed E-state index contributed by atoms with van der Waals surface area (Å²) in [6.07, 6.45) is 10.2. The number of nitrogens with zero attached hydrogens (tertiary/aromatic N) is 5. The van der Waals surface area contributed by atoms with E-state index in [1.54, 1.807) is 6.33 Å². The first kappa shape index (κ1) is 17.8. The minimum atomic E-state index is 0.831. The first-order valence-corrected chi connectivity index (χ1v) is 10.9. The van der Waals surface area contributed by atoms with Crippen LogP contribution in [0.4, 0.5) is 5.82 Å². The van der Waals surface area contributed by atoms with Gasteiger partial charge in [0.05, 0.1) is 0 Å². The van der Waals surface area contributed by atoms with E-state index >= 15 is 0 Å². The molecular weight excluding hydrogens is 366 g/mol. The van der Waals surface area contributed by atoms with Gasteiger partial charge < -0.3 is 4.90 Å². The van der Waals surface area contributed by atoms with Crippen LogP contribution in [0.3, 0.4) is 0 Å². The highest BCUT2D eigenvalue weighted by Gasteiger charge is 2.24. The molecule has 3 heterocycles. The van der Waals surface area contributed by atoms with E-state index in [0.717, 1.165) is 59.4 Å². The van der Waals surface area contributed by atoms with E-state index in [-0.39, 0.29) is 0 Å². The van der Waals surface area contributed by atoms with Crippen molar-refractivity contribution < 1.29 is 0 Å². The van der Waals surface area contributed by atoms with Crippen LogP contribution in [0, 0.1) is 5.92 Å². The van der Waals surface area contributed by atoms with Gasteiger partial charge in [0.1, 0.15) is 22.2 Å². The van der Waals surface area contributed by atoms with Crippen LogP contribution in [0.1, 0.15) is 19.3 Å². The summed E-state index contributed by atoms with van der Waals surface area (Å²) in [5.41, 5.74) is 3.05. The lowest BCUT2D eigenvalue weighted by atomic mass is 9.94. The van der Waals surface area contributed by atoms with Gasteiger partial charge in [-0.3, -0.25) is 4.90 Å². The molecule has 1 saturated heterocycles. The third-order valence-corrected chi connectivity index (χ3v) is 6.68. The topological polar surface area (TPSA) is 45.2 Å². The highest BCUT2D eigenvalue weighted by Crippen LogP contribution is 2.34. The molecule has 0 bridgehead atoms. The van der Waals surface area contributed by atoms with Crippen LogP contribution in [0.25, 0.3) is 21.5 Å². The first-order valence-electron chi connectivity index (χ1n) is 10.2. The van der Waals surface area contributed by atoms with E-state index in [0.29, 0.717) is 0 Å². The lowest BCUT2D eigenvalue weighted by Crippen LogP contribution is -2.48. The number of aromatic nitrogens is 3. The maximum Gasteiger partial charge on any atom is 0.151 e. The molecule has 0 amide bonds. The second-order valence-electron chi connectivity index (χ2n) is 7.71. The second-order valence-corrected chi connectivity index (χ2v) is 8.48. The zero-order valence-corrected chi connectivity index (χ0v) is 16.8. The molecule has 1 aliphatic heterocycles. The molecule has 5 rings (SSSR count). The Balaban J connectivity index is 1.32. The molecule has 1 atom stereocenters. The standard InChI is InChI=1S/C22H25N5S/c1-3-7-17(8-4-1)15-26-11-13-27(14-12-26)22-21-20(23-16-24-22)19(25-28-21)18-9-5-2-6-10-18/h1-3,5-6,9-10,16-17H,4,7-8,11-15H2/t17-/m0/s1. The molecule has 0 N–H and O–H groups in total. The zero-order valence-electron chi connectivity index (χ0n) is 16.0. The molecule has 28 heavy (non-hydrogen) atoms. The Morgan fingerprint density at radius 3 is 2.64 bits per heavy atom. The highest BCUT2D eigenvalue weighted by molar-refractivity contribution is 7.14. The fourth-order valence-electron chi connectivity index (χ4n) is 4.29. The molecule has 3 aromatic rings. The minimum Gasteiger partial charge on any atom is -0.353 e. The molecule has 2 aromatic heterocycles. The van der Waals surface area contributed by atoms with Gasteiger partial charge in [0.15, 0.2) is 5.82 Å². The number of hydrogen-bond donors (Lipinski definition) is 0. The normalized spacial score (nSPS) is 20.7. The van der Waals surface area contributed by atoms with Gasteiger partial charge in [0.2, 0.25) is 0 Å². The number of benzene rings is 1. The molecule has 6 heteroatoms. The predicted octanol–water partition coefficient (Wildman–Crippen LogP) is 4.23. The smallest absolute Gasteiger partial charge is 0.151 e. The molecule has 2 aliphatic rings. The van der Waals surface area contributed by atoms with Crippen molar-refractivity contribution in [3.63, 3.8) is 0 Å². The van der Waals surface area contributed by atoms with Gasteiger partial charge in [-0.15, -0.1) is 0 Å². The van der Waals surface area contributed by atoms with Crippen molar-refractivity contribution >= 4 is 27.6 Å². The fraction of sp³-hybridized carbons (Fsp3) is 0.409. The average Bonchev–Trinajstić information content (AvgIpc) is 3.20. The predicted molar refractivity (Wildman–Crippen MR) is 116 cm³/mol. The Morgan fingerprint density at radius 1 is 1.00 bits per heavy atom. The number of allylic oxidation sites excluding steroid dienone is 2. The van der Waals surface area contributed by atoms with Crippen LogP contribution in [0.2, 0.25) is 0 Å². The van der Waals surface area contributed by atoms with Crippen molar-refractivity contribution in [1.29, 1.82) is 0 Å². The Morgan fingerprint density at radius 2 is 1.86 bits per heavy atom. The molecule has 144 valence electrons. The van der Waals surface area contributed by atoms with E-state index in [2.05, 4.69) is 44.1 Å². The third kappa shape index (κ3) is 3.54. The van der Waals surface area contributed by atoms with E-state index < -0.39 is 0 Å². The molecule has 1 fully saturated rings. The van der Waals surface area contributed by atoms with Crippen molar-refractivity contribution in [1.82, 2.24) is 19.2 Å². The van der Waals surface area contributed by atoms with E-state index in [9.17, 15) is 0 Å². The molecule has 1 aliphatic carbocycles. The van der Waals surface area contributed by atoms with Gasteiger partial charge in [-0.05, 0) is 36.7 Å². The average molecular weight is 392 g/mol. The SMILES string of the molecule is C1=CC[C@H](CN2CCN(c3ncnc4c(-c5ccccc5)nsc34)CC2)CC1. The Hall–Kier alpha value is -2.31. The maximum absolute atomic E-state index is 4.71. The van der Waals surface area contributed by atoms with Crippen molar-refractivity contribution in [3.05, 3.63) is 48.8 Å². The molecule has 0 radical (unpaired) electrons. The van der Waals surface area contributed by atoms with Crippen LogP contribution in [-0.4, -0.2) is 52.0 Å². The molecular formula is C22H25N5S. The monoisotopic (exact) mass is 391 g/mol. The quantitative estimate of drug-likeness (QED) is 0.623. The van der Waals surface area contributed by atoms with Crippen molar-refractivity contribution in [2.75, 3.05) is 37.6 Å². The van der Waals surface area contributed by atoms with Crippen molar-refractivity contribution in [3.8, 4) is 11.3 Å². The molecule has 0 spiro atoms. The third-order valence-electron chi connectivity index (χ3n) is 5.85. The summed E-state index contributed by atoms with van der Waals surface area (Å²) in [5, 5.41) is 0. The van der Waals surface area contributed by atoms with Gasteiger partial charge in [0.25, 0.3) is 0 Å². The largest absolute Gasteiger partial charge is 0.353 e. The Labute approximate surface area is 169 Å². The molecule has 1 aromatic carbocycles. The van der Waals surface area contributed by atoms with Crippen LogP contribution in [0.5, 0.6) is 0 Å². The van der Waals surface area contributed by atoms with Gasteiger partial charge in [-0.25, -0.2) is 9.97 Å². The number of anilines is 1. The molecule has 5 nitrogen and oxygen atoms in total. The molecule has 0 saturated carbocycles. The van der Waals surface area contributed by atoms with E-state index in [1.807, 2.05) is 18.2 Å². The highest BCUT2D eigenvalue weighted by atomic mass is 32.1. The lowest BCUT2D eigenvalue weighted by Gasteiger charge is -2.37. The van der Waals surface area contributed by atoms with Crippen LogP contribution in [-0.2, 0) is 0 Å². The van der Waals surface area contributed by atoms with Gasteiger partial charge in [-0.1, -0.05) is 42.5 Å². The van der Waals surface area contributed by atoms with E-state index in [4.69, 9.17) is 4.37 Å². The molecule has 0 unspecified atom stereocenters. The summed E-state index contributed by atoms with van der Waals surface area (Å²) < 4.78 is 5.81. The van der Waals surface area contributed by atoms with Gasteiger partial charge in [-0.2, -0.15) is 4.37 Å². The zero-order chi connectivity index (χ0) is 18.8. The summed E-state index contributed by atoms with van der Waals surface area (Å²) in [4.78, 5) is 14.2. The summed E-state index contributed by atoms with van der Waals surface area (Å²) in [6, 6.07) is 10.3. The van der Waals surface area contributed by atoms with Crippen molar-refractivity contribution in [2.45, 2.75) is 19.3 Å². The summed E-state index contributed by atoms with van der Waals surface area (Å²) in [5.74, 6) is 1.88. The fourth-order valence-corrected chi connectivity index (χ4v) is 5.17. The van der Waals surface area contributed by atoms with Gasteiger partial charge in [0, 0.05) is 38.3 Å². The Kier molecular flexibility index (Phi) is 5.06. The summed E-state index contributed by atoms with van der Waals surface area (Å²) in [6.45, 7) is 5.49. The van der Waals surface area contributed by atoms with Crippen LogP contribution < -0.4 is 4.90 Å². The summed E-state index contributed by atoms with van der Waals surface area (Å²) in [7, 11) is 0. The first-order chi connectivity index (χ1) is 13.9. The number of piperazine rings is 1. The minimum absolute atomic E-state index is 0.831. The number of rotatable bonds is 4. The number of fused-ring (bicyclic) bond motifs is 1. The van der Waals surface area contributed by atoms with Gasteiger partial charge >= 0.3 is 0 Å². The Bertz CT molecular complexity index is 959. The van der Waals surface area contributed by atoms with Crippen molar-refractivity contribution in [2.24, 2.45) is 5.92 Å². The van der Waals surface area contributed by atoms with Crippen LogP contribution in [0.15, 0.2) is 48.8 Å². The second kappa shape index (κ2) is 7.97. The summed E-state index contributed by atoms with van der Waals surface area (Å²) >= 11 is 1.52. The lowest BCUT2D eigenvalue weighted by molar-refractivity contribution is 0.211.